The highest BCUT2D eigenvalue weighted by atomic mass is 16.4. The molecule has 11 N–H and O–H groups in total. The number of phenolic OH excluding ortho intramolecular Hbond substituents is 2. The average Bonchev–Trinajstić information content (AvgIpc) is 2.83. The molecule has 0 spiro atoms. The summed E-state index contributed by atoms with van der Waals surface area (Å²) < 4.78 is 0. The minimum atomic E-state index is -1.28. The van der Waals surface area contributed by atoms with Crippen LogP contribution in [0.4, 0.5) is 0 Å². The van der Waals surface area contributed by atoms with Crippen LogP contribution < -0.4 is 27.8 Å². The van der Waals surface area contributed by atoms with E-state index in [1.807, 2.05) is 0 Å². The quantitative estimate of drug-likeness (QED) is 0.0988. The summed E-state index contributed by atoms with van der Waals surface area (Å²) >= 11 is 0. The SMILES string of the molecule is NC(N)=NCCCC(N)C(=O)NC(Cc1ccc(O)cc1)C(=O)NC(Cc1ccc(O)cc1)C(=O)O. The Balaban J connectivity index is 2.12. The van der Waals surface area contributed by atoms with Gasteiger partial charge in [-0.2, -0.15) is 0 Å². The smallest absolute Gasteiger partial charge is 0.326 e. The van der Waals surface area contributed by atoms with Crippen LogP contribution in [-0.4, -0.2) is 63.7 Å². The summed E-state index contributed by atoms with van der Waals surface area (Å²) in [4.78, 5) is 41.4. The molecule has 0 bridgehead atoms. The summed E-state index contributed by atoms with van der Waals surface area (Å²) in [5.41, 5.74) is 17.7. The fraction of sp³-hybridized carbons (Fsp3) is 0.333. The Morgan fingerprint density at radius 2 is 1.28 bits per heavy atom. The number of amides is 2. The molecule has 36 heavy (non-hydrogen) atoms. The topological polar surface area (TPSA) is 226 Å². The lowest BCUT2D eigenvalue weighted by molar-refractivity contribution is -0.142. The van der Waals surface area contributed by atoms with Crippen LogP contribution in [0.2, 0.25) is 0 Å². The van der Waals surface area contributed by atoms with Crippen LogP contribution in [-0.2, 0) is 27.2 Å². The van der Waals surface area contributed by atoms with E-state index in [1.54, 1.807) is 24.3 Å². The number of nitrogens with one attached hydrogen (secondary N) is 2. The van der Waals surface area contributed by atoms with Crippen molar-refractivity contribution in [2.24, 2.45) is 22.2 Å². The Hall–Kier alpha value is -4.32. The number of hydrogen-bond donors (Lipinski definition) is 8. The van der Waals surface area contributed by atoms with Gasteiger partial charge in [-0.1, -0.05) is 24.3 Å². The van der Waals surface area contributed by atoms with Crippen molar-refractivity contribution in [3.05, 3.63) is 59.7 Å². The van der Waals surface area contributed by atoms with Gasteiger partial charge in [0.05, 0.1) is 6.04 Å². The first-order chi connectivity index (χ1) is 17.0. The lowest BCUT2D eigenvalue weighted by Gasteiger charge is -2.23. The van der Waals surface area contributed by atoms with Gasteiger partial charge in [-0.3, -0.25) is 14.6 Å². The fourth-order valence-corrected chi connectivity index (χ4v) is 3.35. The minimum Gasteiger partial charge on any atom is -0.508 e. The highest BCUT2D eigenvalue weighted by molar-refractivity contribution is 5.92. The second kappa shape index (κ2) is 13.5. The zero-order valence-electron chi connectivity index (χ0n) is 19.6. The summed E-state index contributed by atoms with van der Waals surface area (Å²) in [5.74, 6) is -2.58. The van der Waals surface area contributed by atoms with E-state index in [0.717, 1.165) is 0 Å². The zero-order chi connectivity index (χ0) is 26.7. The van der Waals surface area contributed by atoms with E-state index in [2.05, 4.69) is 15.6 Å². The number of carboxylic acid groups (broad SMARTS) is 1. The molecule has 0 radical (unpaired) electrons. The molecule has 0 aliphatic heterocycles. The fourth-order valence-electron chi connectivity index (χ4n) is 3.35. The Morgan fingerprint density at radius 1 is 0.806 bits per heavy atom. The summed E-state index contributed by atoms with van der Waals surface area (Å²) in [7, 11) is 0. The number of aliphatic imine (C=N–C) groups is 1. The summed E-state index contributed by atoms with van der Waals surface area (Å²) in [6, 6.07) is 8.62. The third-order valence-electron chi connectivity index (χ3n) is 5.30. The van der Waals surface area contributed by atoms with Crippen LogP contribution in [0.3, 0.4) is 0 Å². The predicted molar refractivity (Wildman–Crippen MR) is 133 cm³/mol. The molecule has 2 rings (SSSR count). The summed E-state index contributed by atoms with van der Waals surface area (Å²) in [6.07, 6.45) is 0.694. The maximum atomic E-state index is 13.1. The number of carboxylic acids is 1. The van der Waals surface area contributed by atoms with Crippen LogP contribution >= 0.6 is 0 Å². The van der Waals surface area contributed by atoms with Crippen molar-refractivity contribution in [1.82, 2.24) is 10.6 Å². The number of carbonyl (C=O) groups is 3. The number of aliphatic carboxylic acids is 1. The Morgan fingerprint density at radius 3 is 1.75 bits per heavy atom. The maximum Gasteiger partial charge on any atom is 0.326 e. The molecule has 2 aromatic carbocycles. The molecule has 0 aliphatic rings. The van der Waals surface area contributed by atoms with Gasteiger partial charge in [0, 0.05) is 19.4 Å². The van der Waals surface area contributed by atoms with Gasteiger partial charge >= 0.3 is 5.97 Å². The van der Waals surface area contributed by atoms with Gasteiger partial charge in [-0.05, 0) is 48.2 Å². The largest absolute Gasteiger partial charge is 0.508 e. The van der Waals surface area contributed by atoms with Crippen LogP contribution in [0.5, 0.6) is 11.5 Å². The first-order valence-electron chi connectivity index (χ1n) is 11.3. The predicted octanol–water partition coefficient (Wildman–Crippen LogP) is -0.682. The lowest BCUT2D eigenvalue weighted by atomic mass is 10.0. The molecule has 194 valence electrons. The first-order valence-corrected chi connectivity index (χ1v) is 11.3. The summed E-state index contributed by atoms with van der Waals surface area (Å²) in [5, 5.41) is 33.7. The highest BCUT2D eigenvalue weighted by Crippen LogP contribution is 2.14. The monoisotopic (exact) mass is 500 g/mol. The number of guanidine groups is 1. The van der Waals surface area contributed by atoms with Crippen molar-refractivity contribution in [2.75, 3.05) is 6.54 Å². The second-order valence-electron chi connectivity index (χ2n) is 8.26. The lowest BCUT2D eigenvalue weighted by Crippen LogP contribution is -2.55. The van der Waals surface area contributed by atoms with Gasteiger partial charge in [0.2, 0.25) is 11.8 Å². The molecule has 0 aliphatic carbocycles. The van der Waals surface area contributed by atoms with E-state index in [1.165, 1.54) is 24.3 Å². The van der Waals surface area contributed by atoms with Gasteiger partial charge in [0.25, 0.3) is 0 Å². The van der Waals surface area contributed by atoms with Crippen molar-refractivity contribution in [3.63, 3.8) is 0 Å². The van der Waals surface area contributed by atoms with E-state index in [4.69, 9.17) is 17.2 Å². The number of aromatic hydroxyl groups is 2. The number of benzene rings is 2. The first kappa shape index (κ1) is 27.9. The number of rotatable bonds is 13. The number of carbonyl (C=O) groups excluding carboxylic acids is 2. The van der Waals surface area contributed by atoms with Crippen LogP contribution in [0.1, 0.15) is 24.0 Å². The molecule has 3 unspecified atom stereocenters. The molecule has 0 heterocycles. The van der Waals surface area contributed by atoms with Crippen LogP contribution in [0.15, 0.2) is 53.5 Å². The molecular formula is C24H32N6O6. The summed E-state index contributed by atoms with van der Waals surface area (Å²) in [6.45, 7) is 0.290. The van der Waals surface area contributed by atoms with Gasteiger partial charge in [-0.25, -0.2) is 4.79 Å². The molecular weight excluding hydrogens is 468 g/mol. The number of nitrogens with zero attached hydrogens (tertiary/aromatic N) is 1. The molecule has 2 amide bonds. The standard InChI is InChI=1S/C24H32N6O6/c25-18(2-1-11-28-24(26)27)21(33)29-19(12-14-3-7-16(31)8-4-14)22(34)30-20(23(35)36)13-15-5-9-17(32)10-6-15/h3-10,18-20,31-32H,1-2,11-13,25H2,(H,29,33)(H,30,34)(H,35,36)(H4,26,27,28). The highest BCUT2D eigenvalue weighted by Gasteiger charge is 2.28. The number of phenols is 2. The molecule has 0 saturated heterocycles. The molecule has 0 fully saturated rings. The number of hydrogen-bond acceptors (Lipinski definition) is 7. The van der Waals surface area contributed by atoms with Crippen molar-refractivity contribution >= 4 is 23.7 Å². The molecule has 0 aromatic heterocycles. The van der Waals surface area contributed by atoms with Gasteiger partial charge in [-0.15, -0.1) is 0 Å². The average molecular weight is 501 g/mol. The Bertz CT molecular complexity index is 1050. The Kier molecular flexibility index (Phi) is 10.5. The Labute approximate surface area is 208 Å². The van der Waals surface area contributed by atoms with Crippen LogP contribution in [0.25, 0.3) is 0 Å². The van der Waals surface area contributed by atoms with Crippen molar-refractivity contribution in [2.45, 2.75) is 43.8 Å². The van der Waals surface area contributed by atoms with E-state index in [0.29, 0.717) is 17.5 Å². The van der Waals surface area contributed by atoms with Gasteiger partial charge in [0.15, 0.2) is 5.96 Å². The van der Waals surface area contributed by atoms with Crippen LogP contribution in [0, 0.1) is 0 Å². The number of nitrogens with two attached hydrogens (primary N) is 3. The van der Waals surface area contributed by atoms with Crippen molar-refractivity contribution in [3.8, 4) is 11.5 Å². The minimum absolute atomic E-state index is 0.0287. The van der Waals surface area contributed by atoms with Crippen molar-refractivity contribution in [1.29, 1.82) is 0 Å². The zero-order valence-corrected chi connectivity index (χ0v) is 19.6. The third kappa shape index (κ3) is 9.50. The maximum absolute atomic E-state index is 13.1. The van der Waals surface area contributed by atoms with E-state index in [9.17, 15) is 29.7 Å². The van der Waals surface area contributed by atoms with Crippen molar-refractivity contribution < 1.29 is 29.7 Å². The molecule has 3 atom stereocenters. The molecule has 2 aromatic rings. The normalized spacial score (nSPS) is 13.1. The van der Waals surface area contributed by atoms with E-state index >= 15 is 0 Å². The molecule has 12 nitrogen and oxygen atoms in total. The molecule has 0 saturated carbocycles. The van der Waals surface area contributed by atoms with E-state index < -0.39 is 35.9 Å². The third-order valence-corrected chi connectivity index (χ3v) is 5.30. The molecule has 12 heteroatoms. The van der Waals surface area contributed by atoms with E-state index in [-0.39, 0.29) is 43.3 Å². The van der Waals surface area contributed by atoms with Gasteiger partial charge < -0.3 is 43.2 Å². The van der Waals surface area contributed by atoms with Gasteiger partial charge in [0.1, 0.15) is 23.6 Å². The second-order valence-corrected chi connectivity index (χ2v) is 8.26.